The fraction of sp³-hybridized carbons (Fsp3) is 0.500. The first-order valence-corrected chi connectivity index (χ1v) is 7.85. The highest BCUT2D eigenvalue weighted by molar-refractivity contribution is 7.89. The van der Waals surface area contributed by atoms with Crippen LogP contribution in [0.4, 0.5) is 0 Å². The van der Waals surface area contributed by atoms with E-state index in [1.807, 2.05) is 11.8 Å². The third kappa shape index (κ3) is 2.97. The topological polar surface area (TPSA) is 103 Å². The van der Waals surface area contributed by atoms with E-state index in [1.54, 1.807) is 18.3 Å². The van der Waals surface area contributed by atoms with Gasteiger partial charge in [-0.05, 0) is 19.1 Å². The first kappa shape index (κ1) is 14.9. The fourth-order valence-electron chi connectivity index (χ4n) is 2.18. The second-order valence-electron chi connectivity index (χ2n) is 4.76. The average molecular weight is 297 g/mol. The van der Waals surface area contributed by atoms with Crippen LogP contribution in [0, 0.1) is 5.41 Å². The lowest BCUT2D eigenvalue weighted by Crippen LogP contribution is -2.54. The van der Waals surface area contributed by atoms with Crippen LogP contribution in [-0.2, 0) is 10.0 Å². The molecule has 1 aromatic heterocycles. The smallest absolute Gasteiger partial charge is 0.244 e. The van der Waals surface area contributed by atoms with Crippen molar-refractivity contribution >= 4 is 15.9 Å². The number of hydrogen-bond donors (Lipinski definition) is 2. The lowest BCUT2D eigenvalue weighted by molar-refractivity contribution is 0.173. The second kappa shape index (κ2) is 5.86. The molecule has 1 aromatic rings. The first-order valence-electron chi connectivity index (χ1n) is 6.41. The number of pyridine rings is 1. The molecule has 0 saturated carbocycles. The minimum atomic E-state index is -3.47. The normalized spacial score (nSPS) is 19.6. The molecule has 0 aromatic carbocycles. The number of piperazine rings is 1. The number of hydrogen-bond acceptors (Lipinski definition) is 5. The second-order valence-corrected chi connectivity index (χ2v) is 6.70. The number of aromatic nitrogens is 1. The summed E-state index contributed by atoms with van der Waals surface area (Å²) < 4.78 is 26.2. The Morgan fingerprint density at radius 3 is 2.55 bits per heavy atom. The molecule has 110 valence electrons. The van der Waals surface area contributed by atoms with Crippen molar-refractivity contribution in [2.24, 2.45) is 5.73 Å². The highest BCUT2D eigenvalue weighted by atomic mass is 32.2. The Kier molecular flexibility index (Phi) is 4.36. The maximum Gasteiger partial charge on any atom is 0.244 e. The summed E-state index contributed by atoms with van der Waals surface area (Å²) in [5.74, 6) is 0.105. The molecule has 2 rings (SSSR count). The van der Waals surface area contributed by atoms with E-state index < -0.39 is 10.0 Å². The van der Waals surface area contributed by atoms with Gasteiger partial charge in [0.2, 0.25) is 10.0 Å². The fourth-order valence-corrected chi connectivity index (χ4v) is 3.56. The van der Waals surface area contributed by atoms with Gasteiger partial charge < -0.3 is 5.73 Å². The van der Waals surface area contributed by atoms with E-state index in [4.69, 9.17) is 11.1 Å². The molecule has 0 radical (unpaired) electrons. The van der Waals surface area contributed by atoms with Gasteiger partial charge in [0.05, 0.1) is 6.04 Å². The van der Waals surface area contributed by atoms with Crippen molar-refractivity contribution in [1.29, 1.82) is 5.41 Å². The lowest BCUT2D eigenvalue weighted by atomic mass is 10.2. The summed E-state index contributed by atoms with van der Waals surface area (Å²) in [5, 5.41) is 7.44. The zero-order valence-corrected chi connectivity index (χ0v) is 12.2. The van der Waals surface area contributed by atoms with Crippen molar-refractivity contribution in [3.8, 4) is 0 Å². The summed E-state index contributed by atoms with van der Waals surface area (Å²) in [6.45, 7) is 3.79. The van der Waals surface area contributed by atoms with Gasteiger partial charge in [-0.1, -0.05) is 0 Å². The predicted octanol–water partition coefficient (Wildman–Crippen LogP) is -0.288. The van der Waals surface area contributed by atoms with Gasteiger partial charge in [-0.2, -0.15) is 4.31 Å². The van der Waals surface area contributed by atoms with Crippen LogP contribution >= 0.6 is 0 Å². The van der Waals surface area contributed by atoms with Gasteiger partial charge in [0, 0.05) is 38.6 Å². The van der Waals surface area contributed by atoms with Crippen LogP contribution < -0.4 is 5.73 Å². The first-order chi connectivity index (χ1) is 9.43. The number of rotatable bonds is 4. The van der Waals surface area contributed by atoms with E-state index in [9.17, 15) is 8.42 Å². The summed E-state index contributed by atoms with van der Waals surface area (Å²) in [7, 11) is -3.47. The van der Waals surface area contributed by atoms with Gasteiger partial charge in [0.25, 0.3) is 0 Å². The third-order valence-corrected chi connectivity index (χ3v) is 5.43. The average Bonchev–Trinajstić information content (AvgIpc) is 2.47. The molecule has 7 nitrogen and oxygen atoms in total. The summed E-state index contributed by atoms with van der Waals surface area (Å²) in [6.07, 6.45) is 2.91. The van der Waals surface area contributed by atoms with Gasteiger partial charge in [-0.25, -0.2) is 8.42 Å². The number of nitrogens with two attached hydrogens (primary N) is 1. The van der Waals surface area contributed by atoms with Gasteiger partial charge >= 0.3 is 0 Å². The standard InChI is InChI=1S/C12H19N5O2S/c1-10(12(13)14)16-5-7-17(8-6-16)20(18,19)11-3-2-4-15-9-11/h2-4,9-10H,5-8H2,1H3,(H3,13,14). The maximum atomic E-state index is 12.4. The SMILES string of the molecule is CC(C(=N)N)N1CCN(S(=O)(=O)c2cccnc2)CC1. The largest absolute Gasteiger partial charge is 0.386 e. The molecule has 0 aliphatic carbocycles. The van der Waals surface area contributed by atoms with E-state index in [1.165, 1.54) is 10.5 Å². The number of sulfonamides is 1. The van der Waals surface area contributed by atoms with Crippen molar-refractivity contribution in [2.75, 3.05) is 26.2 Å². The highest BCUT2D eigenvalue weighted by Crippen LogP contribution is 2.17. The van der Waals surface area contributed by atoms with Crippen LogP contribution in [0.3, 0.4) is 0 Å². The molecule has 0 bridgehead atoms. The molecule has 1 aliphatic heterocycles. The van der Waals surface area contributed by atoms with Crippen LogP contribution in [0.25, 0.3) is 0 Å². The predicted molar refractivity (Wildman–Crippen MR) is 75.9 cm³/mol. The Labute approximate surface area is 119 Å². The van der Waals surface area contributed by atoms with Crippen LogP contribution in [0.5, 0.6) is 0 Å². The number of nitrogens with zero attached hydrogens (tertiary/aromatic N) is 3. The highest BCUT2D eigenvalue weighted by Gasteiger charge is 2.30. The summed E-state index contributed by atoms with van der Waals surface area (Å²) >= 11 is 0. The third-order valence-electron chi connectivity index (χ3n) is 3.54. The van der Waals surface area contributed by atoms with Crippen molar-refractivity contribution in [3.05, 3.63) is 24.5 Å². The van der Waals surface area contributed by atoms with E-state index >= 15 is 0 Å². The van der Waals surface area contributed by atoms with Crippen LogP contribution in [0.2, 0.25) is 0 Å². The molecule has 3 N–H and O–H groups in total. The van der Waals surface area contributed by atoms with Gasteiger partial charge in [-0.3, -0.25) is 15.3 Å². The van der Waals surface area contributed by atoms with Crippen LogP contribution in [0.1, 0.15) is 6.92 Å². The molecule has 2 heterocycles. The monoisotopic (exact) mass is 297 g/mol. The van der Waals surface area contributed by atoms with E-state index in [0.717, 1.165) is 0 Å². The molecule has 1 fully saturated rings. The van der Waals surface area contributed by atoms with Gasteiger partial charge in [-0.15, -0.1) is 0 Å². The van der Waals surface area contributed by atoms with Crippen molar-refractivity contribution in [3.63, 3.8) is 0 Å². The summed E-state index contributed by atoms with van der Waals surface area (Å²) in [5.41, 5.74) is 5.48. The molecule has 1 unspecified atom stereocenters. The zero-order valence-electron chi connectivity index (χ0n) is 11.4. The molecule has 0 spiro atoms. The summed E-state index contributed by atoms with van der Waals surface area (Å²) in [4.78, 5) is 6.08. The van der Waals surface area contributed by atoms with Crippen molar-refractivity contribution < 1.29 is 8.42 Å². The molecular weight excluding hydrogens is 278 g/mol. The Morgan fingerprint density at radius 1 is 1.40 bits per heavy atom. The maximum absolute atomic E-state index is 12.4. The Morgan fingerprint density at radius 2 is 2.05 bits per heavy atom. The molecule has 20 heavy (non-hydrogen) atoms. The molecule has 1 saturated heterocycles. The molecule has 0 amide bonds. The van der Waals surface area contributed by atoms with Gasteiger partial charge in [0.1, 0.15) is 10.7 Å². The van der Waals surface area contributed by atoms with Crippen LogP contribution in [0.15, 0.2) is 29.4 Å². The Bertz CT molecular complexity index is 567. The van der Waals surface area contributed by atoms with Crippen molar-refractivity contribution in [1.82, 2.24) is 14.2 Å². The Hall–Kier alpha value is -1.51. The molecule has 8 heteroatoms. The molecular formula is C12H19N5O2S. The van der Waals surface area contributed by atoms with Gasteiger partial charge in [0.15, 0.2) is 0 Å². The Balaban J connectivity index is 2.06. The van der Waals surface area contributed by atoms with Crippen LogP contribution in [-0.4, -0.2) is 60.7 Å². The van der Waals surface area contributed by atoms with E-state index in [-0.39, 0.29) is 16.8 Å². The molecule has 1 aliphatic rings. The van der Waals surface area contributed by atoms with E-state index in [2.05, 4.69) is 4.98 Å². The van der Waals surface area contributed by atoms with Crippen molar-refractivity contribution in [2.45, 2.75) is 17.9 Å². The van der Waals surface area contributed by atoms with E-state index in [0.29, 0.717) is 26.2 Å². The summed E-state index contributed by atoms with van der Waals surface area (Å²) in [6, 6.07) is 3.01. The minimum Gasteiger partial charge on any atom is -0.386 e. The number of amidine groups is 1. The quantitative estimate of drug-likeness (QED) is 0.587. The zero-order chi connectivity index (χ0) is 14.8. The minimum absolute atomic E-state index is 0.105. The molecule has 1 atom stereocenters. The number of nitrogens with one attached hydrogen (secondary N) is 1. The lowest BCUT2D eigenvalue weighted by Gasteiger charge is -2.36.